The molecule has 1 saturated carbocycles. The molecule has 3 nitrogen and oxygen atoms in total. The number of rotatable bonds is 4. The molecule has 0 bridgehead atoms. The third-order valence-corrected chi connectivity index (χ3v) is 3.58. The molecular formula is C15H20O3. The van der Waals surface area contributed by atoms with Crippen molar-refractivity contribution in [3.63, 3.8) is 0 Å². The quantitative estimate of drug-likeness (QED) is 0.833. The van der Waals surface area contributed by atoms with Gasteiger partial charge < -0.3 is 9.84 Å². The van der Waals surface area contributed by atoms with Crippen molar-refractivity contribution in [2.75, 3.05) is 0 Å². The van der Waals surface area contributed by atoms with Crippen LogP contribution in [-0.4, -0.2) is 17.2 Å². The van der Waals surface area contributed by atoms with Gasteiger partial charge in [0.1, 0.15) is 6.61 Å². The van der Waals surface area contributed by atoms with Crippen LogP contribution in [0.4, 0.5) is 0 Å². The first-order chi connectivity index (χ1) is 8.70. The number of carbonyl (C=O) groups excluding carboxylic acids is 1. The Morgan fingerprint density at radius 3 is 2.83 bits per heavy atom. The number of aliphatic hydroxyl groups excluding tert-OH is 1. The molecule has 0 saturated heterocycles. The van der Waals surface area contributed by atoms with Gasteiger partial charge in [-0.1, -0.05) is 31.2 Å². The minimum Gasteiger partial charge on any atom is -0.461 e. The van der Waals surface area contributed by atoms with E-state index in [-0.39, 0.29) is 12.1 Å². The molecule has 2 atom stereocenters. The first-order valence-corrected chi connectivity index (χ1v) is 6.62. The SMILES string of the molecule is CCC(=O)OCc1ccccc1C1CCC(O)C1. The van der Waals surface area contributed by atoms with Crippen LogP contribution in [0.2, 0.25) is 0 Å². The van der Waals surface area contributed by atoms with E-state index in [1.807, 2.05) is 18.2 Å². The normalized spacial score (nSPS) is 23.0. The summed E-state index contributed by atoms with van der Waals surface area (Å²) in [4.78, 5) is 11.2. The van der Waals surface area contributed by atoms with Crippen molar-refractivity contribution in [1.82, 2.24) is 0 Å². The molecule has 2 unspecified atom stereocenters. The predicted octanol–water partition coefficient (Wildman–Crippen LogP) is 2.77. The third-order valence-electron chi connectivity index (χ3n) is 3.58. The maximum atomic E-state index is 11.2. The summed E-state index contributed by atoms with van der Waals surface area (Å²) in [6.45, 7) is 2.14. The fourth-order valence-electron chi connectivity index (χ4n) is 2.56. The van der Waals surface area contributed by atoms with Gasteiger partial charge in [0.2, 0.25) is 0 Å². The lowest BCUT2D eigenvalue weighted by Crippen LogP contribution is -2.07. The van der Waals surface area contributed by atoms with E-state index in [1.54, 1.807) is 6.92 Å². The molecule has 98 valence electrons. The number of esters is 1. The molecule has 1 aromatic carbocycles. The van der Waals surface area contributed by atoms with Crippen LogP contribution < -0.4 is 0 Å². The van der Waals surface area contributed by atoms with Crippen LogP contribution in [0, 0.1) is 0 Å². The number of aliphatic hydroxyl groups is 1. The second-order valence-electron chi connectivity index (χ2n) is 4.88. The highest BCUT2D eigenvalue weighted by atomic mass is 16.5. The highest BCUT2D eigenvalue weighted by Gasteiger charge is 2.25. The van der Waals surface area contributed by atoms with Crippen molar-refractivity contribution < 1.29 is 14.6 Å². The Kier molecular flexibility index (Phi) is 4.37. The first-order valence-electron chi connectivity index (χ1n) is 6.62. The van der Waals surface area contributed by atoms with Crippen molar-refractivity contribution in [3.05, 3.63) is 35.4 Å². The molecule has 0 radical (unpaired) electrons. The lowest BCUT2D eigenvalue weighted by Gasteiger charge is -2.15. The number of carbonyl (C=O) groups is 1. The zero-order chi connectivity index (χ0) is 13.0. The number of benzene rings is 1. The maximum absolute atomic E-state index is 11.2. The fraction of sp³-hybridized carbons (Fsp3) is 0.533. The van der Waals surface area contributed by atoms with Gasteiger partial charge in [0.25, 0.3) is 0 Å². The van der Waals surface area contributed by atoms with Crippen molar-refractivity contribution in [3.8, 4) is 0 Å². The second kappa shape index (κ2) is 6.01. The maximum Gasteiger partial charge on any atom is 0.305 e. The third kappa shape index (κ3) is 3.10. The van der Waals surface area contributed by atoms with Crippen LogP contribution in [0.5, 0.6) is 0 Å². The smallest absolute Gasteiger partial charge is 0.305 e. The molecule has 1 aromatic rings. The van der Waals surface area contributed by atoms with E-state index in [1.165, 1.54) is 5.56 Å². The van der Waals surface area contributed by atoms with Crippen LogP contribution in [0.1, 0.15) is 49.7 Å². The Morgan fingerprint density at radius 1 is 1.39 bits per heavy atom. The molecule has 3 heteroatoms. The molecule has 1 aliphatic carbocycles. The summed E-state index contributed by atoms with van der Waals surface area (Å²) in [7, 11) is 0. The van der Waals surface area contributed by atoms with Gasteiger partial charge in [0.05, 0.1) is 6.10 Å². The summed E-state index contributed by atoms with van der Waals surface area (Å²) in [5.74, 6) is 0.229. The van der Waals surface area contributed by atoms with Crippen LogP contribution in [-0.2, 0) is 16.1 Å². The molecule has 1 N–H and O–H groups in total. The Hall–Kier alpha value is -1.35. The lowest BCUT2D eigenvalue weighted by atomic mass is 9.93. The van der Waals surface area contributed by atoms with Crippen molar-refractivity contribution in [2.24, 2.45) is 0 Å². The van der Waals surface area contributed by atoms with Crippen molar-refractivity contribution in [1.29, 1.82) is 0 Å². The minimum absolute atomic E-state index is 0.170. The number of hydrogen-bond acceptors (Lipinski definition) is 3. The van der Waals surface area contributed by atoms with Gasteiger partial charge in [-0.15, -0.1) is 0 Å². The summed E-state index contributed by atoms with van der Waals surface area (Å²) >= 11 is 0. The molecule has 1 aliphatic rings. The van der Waals surface area contributed by atoms with Gasteiger partial charge >= 0.3 is 5.97 Å². The molecule has 18 heavy (non-hydrogen) atoms. The fourth-order valence-corrected chi connectivity index (χ4v) is 2.56. The highest BCUT2D eigenvalue weighted by Crippen LogP contribution is 2.36. The van der Waals surface area contributed by atoms with Crippen molar-refractivity contribution >= 4 is 5.97 Å². The number of hydrogen-bond donors (Lipinski definition) is 1. The van der Waals surface area contributed by atoms with E-state index in [2.05, 4.69) is 6.07 Å². The topological polar surface area (TPSA) is 46.5 Å². The van der Waals surface area contributed by atoms with Gasteiger partial charge in [0, 0.05) is 6.42 Å². The van der Waals surface area contributed by atoms with Crippen LogP contribution >= 0.6 is 0 Å². The second-order valence-corrected chi connectivity index (χ2v) is 4.88. The zero-order valence-electron chi connectivity index (χ0n) is 10.8. The van der Waals surface area contributed by atoms with Gasteiger partial charge in [-0.3, -0.25) is 4.79 Å². The molecule has 0 amide bonds. The van der Waals surface area contributed by atoms with Crippen LogP contribution in [0.3, 0.4) is 0 Å². The summed E-state index contributed by atoms with van der Waals surface area (Å²) < 4.78 is 5.20. The van der Waals surface area contributed by atoms with E-state index < -0.39 is 0 Å². The molecule has 0 aliphatic heterocycles. The van der Waals surface area contributed by atoms with E-state index in [4.69, 9.17) is 4.74 Å². The average molecular weight is 248 g/mol. The predicted molar refractivity (Wildman–Crippen MR) is 69.1 cm³/mol. The van der Waals surface area contributed by atoms with Gasteiger partial charge in [0.15, 0.2) is 0 Å². The van der Waals surface area contributed by atoms with E-state index in [0.717, 1.165) is 24.8 Å². The van der Waals surface area contributed by atoms with Gasteiger partial charge in [-0.25, -0.2) is 0 Å². The molecular weight excluding hydrogens is 228 g/mol. The number of ether oxygens (including phenoxy) is 1. The zero-order valence-corrected chi connectivity index (χ0v) is 10.8. The average Bonchev–Trinajstić information content (AvgIpc) is 2.83. The van der Waals surface area contributed by atoms with Crippen molar-refractivity contribution in [2.45, 2.75) is 51.2 Å². The van der Waals surface area contributed by atoms with Gasteiger partial charge in [-0.2, -0.15) is 0 Å². The minimum atomic E-state index is -0.179. The molecule has 2 rings (SSSR count). The Bertz CT molecular complexity index is 414. The van der Waals surface area contributed by atoms with Gasteiger partial charge in [-0.05, 0) is 36.3 Å². The summed E-state index contributed by atoms with van der Waals surface area (Å²) in [5.41, 5.74) is 2.29. The van der Waals surface area contributed by atoms with E-state index in [9.17, 15) is 9.90 Å². The molecule has 0 aromatic heterocycles. The molecule has 0 heterocycles. The summed E-state index contributed by atoms with van der Waals surface area (Å²) in [6.07, 6.45) is 2.93. The summed E-state index contributed by atoms with van der Waals surface area (Å²) in [5, 5.41) is 9.62. The van der Waals surface area contributed by atoms with E-state index in [0.29, 0.717) is 18.9 Å². The Labute approximate surface area is 108 Å². The summed E-state index contributed by atoms with van der Waals surface area (Å²) in [6, 6.07) is 8.05. The van der Waals surface area contributed by atoms with E-state index >= 15 is 0 Å². The largest absolute Gasteiger partial charge is 0.461 e. The monoisotopic (exact) mass is 248 g/mol. The van der Waals surface area contributed by atoms with Crippen LogP contribution in [0.25, 0.3) is 0 Å². The van der Waals surface area contributed by atoms with Crippen LogP contribution in [0.15, 0.2) is 24.3 Å². The standard InChI is InChI=1S/C15H20O3/c1-2-15(17)18-10-12-5-3-4-6-14(12)11-7-8-13(16)9-11/h3-6,11,13,16H,2,7-10H2,1H3. The molecule has 1 fully saturated rings. The Morgan fingerprint density at radius 2 is 2.17 bits per heavy atom. The lowest BCUT2D eigenvalue weighted by molar-refractivity contribution is -0.144. The highest BCUT2D eigenvalue weighted by molar-refractivity contribution is 5.68. The first kappa shape index (κ1) is 13.1. The molecule has 0 spiro atoms. The Balaban J connectivity index is 2.08.